The molecule has 0 aromatic rings. The van der Waals surface area contributed by atoms with Gasteiger partial charge in [0.05, 0.1) is 6.10 Å². The standard InChI is InChI=1S/C6H9O2/c1-6(8)4-2-3-5-7/h2-3,6,8H,4H2,1H3. The van der Waals surface area contributed by atoms with Crippen molar-refractivity contribution in [3.8, 4) is 0 Å². The van der Waals surface area contributed by atoms with Gasteiger partial charge in [0.15, 0.2) is 0 Å². The predicted molar refractivity (Wildman–Crippen MR) is 31.1 cm³/mol. The van der Waals surface area contributed by atoms with Crippen LogP contribution in [0, 0.1) is 0 Å². The van der Waals surface area contributed by atoms with Crippen LogP contribution in [0.2, 0.25) is 0 Å². The van der Waals surface area contributed by atoms with E-state index in [1.165, 1.54) is 6.08 Å². The van der Waals surface area contributed by atoms with E-state index in [0.717, 1.165) is 0 Å². The van der Waals surface area contributed by atoms with Gasteiger partial charge in [-0.15, -0.1) is 0 Å². The fourth-order valence-electron chi connectivity index (χ4n) is 0.313. The number of hydrogen-bond acceptors (Lipinski definition) is 2. The van der Waals surface area contributed by atoms with E-state index >= 15 is 0 Å². The monoisotopic (exact) mass is 113 g/mol. The Labute approximate surface area is 48.8 Å². The van der Waals surface area contributed by atoms with Crippen LogP contribution in [0.5, 0.6) is 0 Å². The summed E-state index contributed by atoms with van der Waals surface area (Å²) in [6.07, 6.45) is 4.58. The van der Waals surface area contributed by atoms with Gasteiger partial charge in [-0.1, -0.05) is 6.08 Å². The molecule has 0 aliphatic carbocycles. The summed E-state index contributed by atoms with van der Waals surface area (Å²) in [5, 5.41) is 8.60. The lowest BCUT2D eigenvalue weighted by Gasteiger charge is -1.93. The predicted octanol–water partition coefficient (Wildman–Crippen LogP) is 0.423. The molecule has 0 bridgehead atoms. The average Bonchev–Trinajstić information content (AvgIpc) is 1.66. The molecule has 0 aliphatic heterocycles. The maximum absolute atomic E-state index is 9.49. The fourth-order valence-corrected chi connectivity index (χ4v) is 0.313. The Hall–Kier alpha value is -0.630. The van der Waals surface area contributed by atoms with Crippen LogP contribution in [0.25, 0.3) is 0 Å². The van der Waals surface area contributed by atoms with Crippen molar-refractivity contribution in [2.75, 3.05) is 0 Å². The molecule has 0 aromatic heterocycles. The van der Waals surface area contributed by atoms with Crippen molar-refractivity contribution in [3.05, 3.63) is 12.2 Å². The quantitative estimate of drug-likeness (QED) is 0.539. The van der Waals surface area contributed by atoms with Crippen LogP contribution < -0.4 is 0 Å². The second-order valence-electron chi connectivity index (χ2n) is 1.60. The Morgan fingerprint density at radius 2 is 2.50 bits per heavy atom. The number of rotatable bonds is 3. The van der Waals surface area contributed by atoms with Crippen LogP contribution in [-0.4, -0.2) is 17.5 Å². The third kappa shape index (κ3) is 5.37. The molecular formula is C6H9O2. The van der Waals surface area contributed by atoms with Gasteiger partial charge in [-0.25, -0.2) is 0 Å². The molecule has 0 fully saturated rings. The highest BCUT2D eigenvalue weighted by Crippen LogP contribution is 1.88. The normalized spacial score (nSPS) is 14.2. The zero-order valence-corrected chi connectivity index (χ0v) is 4.79. The summed E-state index contributed by atoms with van der Waals surface area (Å²) in [7, 11) is 0. The van der Waals surface area contributed by atoms with Crippen molar-refractivity contribution in [2.24, 2.45) is 0 Å². The molecule has 0 rings (SSSR count). The second-order valence-corrected chi connectivity index (χ2v) is 1.60. The number of aliphatic hydroxyl groups excluding tert-OH is 1. The molecule has 1 atom stereocenters. The van der Waals surface area contributed by atoms with Crippen LogP contribution >= 0.6 is 0 Å². The zero-order chi connectivity index (χ0) is 6.41. The van der Waals surface area contributed by atoms with Crippen LogP contribution in [0.3, 0.4) is 0 Å². The topological polar surface area (TPSA) is 37.3 Å². The van der Waals surface area contributed by atoms with Crippen molar-refractivity contribution in [3.63, 3.8) is 0 Å². The summed E-state index contributed by atoms with van der Waals surface area (Å²) in [5.74, 6) is 0. The van der Waals surface area contributed by atoms with Crippen molar-refractivity contribution in [1.29, 1.82) is 0 Å². The molecule has 0 saturated heterocycles. The molecular weight excluding hydrogens is 104 g/mol. The van der Waals surface area contributed by atoms with Gasteiger partial charge < -0.3 is 5.11 Å². The Bertz CT molecular complexity index is 84.5. The average molecular weight is 113 g/mol. The molecule has 0 amide bonds. The summed E-state index contributed by atoms with van der Waals surface area (Å²) < 4.78 is 0. The summed E-state index contributed by atoms with van der Waals surface area (Å²) in [5.41, 5.74) is 0. The molecule has 2 nitrogen and oxygen atoms in total. The number of allylic oxidation sites excluding steroid dienone is 1. The Morgan fingerprint density at radius 1 is 1.88 bits per heavy atom. The van der Waals surface area contributed by atoms with E-state index in [1.54, 1.807) is 19.3 Å². The third-order valence-corrected chi connectivity index (χ3v) is 0.663. The first-order chi connectivity index (χ1) is 3.77. The second kappa shape index (κ2) is 4.53. The minimum Gasteiger partial charge on any atom is -0.393 e. The highest BCUT2D eigenvalue weighted by atomic mass is 16.3. The minimum atomic E-state index is -0.361. The van der Waals surface area contributed by atoms with E-state index in [2.05, 4.69) is 0 Å². The molecule has 2 heteroatoms. The van der Waals surface area contributed by atoms with Gasteiger partial charge in [0.2, 0.25) is 6.29 Å². The van der Waals surface area contributed by atoms with Crippen LogP contribution in [0.4, 0.5) is 0 Å². The summed E-state index contributed by atoms with van der Waals surface area (Å²) in [6.45, 7) is 1.66. The smallest absolute Gasteiger partial charge is 0.225 e. The molecule has 8 heavy (non-hydrogen) atoms. The lowest BCUT2D eigenvalue weighted by molar-refractivity contribution is 0.198. The van der Waals surface area contributed by atoms with Crippen LogP contribution in [-0.2, 0) is 4.79 Å². The largest absolute Gasteiger partial charge is 0.393 e. The van der Waals surface area contributed by atoms with Crippen LogP contribution in [0.1, 0.15) is 13.3 Å². The van der Waals surface area contributed by atoms with Crippen molar-refractivity contribution >= 4 is 6.29 Å². The summed E-state index contributed by atoms with van der Waals surface area (Å²) in [6, 6.07) is 0. The fraction of sp³-hybridized carbons (Fsp3) is 0.500. The Kier molecular flexibility index (Phi) is 4.17. The molecule has 0 aliphatic rings. The summed E-state index contributed by atoms with van der Waals surface area (Å²) in [4.78, 5) is 9.49. The molecule has 1 radical (unpaired) electrons. The zero-order valence-electron chi connectivity index (χ0n) is 4.79. The Morgan fingerprint density at radius 3 is 2.88 bits per heavy atom. The van der Waals surface area contributed by atoms with E-state index in [0.29, 0.717) is 6.42 Å². The lowest BCUT2D eigenvalue weighted by atomic mass is 10.3. The van der Waals surface area contributed by atoms with Gasteiger partial charge >= 0.3 is 0 Å². The van der Waals surface area contributed by atoms with Gasteiger partial charge in [-0.3, -0.25) is 4.79 Å². The maximum Gasteiger partial charge on any atom is 0.225 e. The van der Waals surface area contributed by atoms with E-state index < -0.39 is 0 Å². The van der Waals surface area contributed by atoms with Crippen molar-refractivity contribution in [2.45, 2.75) is 19.4 Å². The molecule has 0 heterocycles. The van der Waals surface area contributed by atoms with Gasteiger partial charge in [0.25, 0.3) is 0 Å². The molecule has 1 unspecified atom stereocenters. The first-order valence-electron chi connectivity index (χ1n) is 2.48. The van der Waals surface area contributed by atoms with E-state index in [1.807, 2.05) is 0 Å². The molecule has 0 saturated carbocycles. The van der Waals surface area contributed by atoms with Gasteiger partial charge in [0, 0.05) is 0 Å². The highest BCUT2D eigenvalue weighted by molar-refractivity contribution is 5.65. The summed E-state index contributed by atoms with van der Waals surface area (Å²) >= 11 is 0. The maximum atomic E-state index is 9.49. The van der Waals surface area contributed by atoms with Gasteiger partial charge in [0.1, 0.15) is 0 Å². The minimum absolute atomic E-state index is 0.361. The van der Waals surface area contributed by atoms with Crippen molar-refractivity contribution < 1.29 is 9.90 Å². The van der Waals surface area contributed by atoms with Gasteiger partial charge in [-0.05, 0) is 19.4 Å². The third-order valence-electron chi connectivity index (χ3n) is 0.663. The molecule has 0 aromatic carbocycles. The number of hydrogen-bond donors (Lipinski definition) is 1. The van der Waals surface area contributed by atoms with Gasteiger partial charge in [-0.2, -0.15) is 0 Å². The Balaban J connectivity index is 3.15. The molecule has 45 valence electrons. The molecule has 1 N–H and O–H groups in total. The number of aliphatic hydroxyl groups is 1. The SMILES string of the molecule is CC(O)CC=C[C]=O. The molecule has 0 spiro atoms. The number of carbonyl (C=O) groups excluding carboxylic acids is 1. The van der Waals surface area contributed by atoms with Crippen molar-refractivity contribution in [1.82, 2.24) is 0 Å². The highest BCUT2D eigenvalue weighted by Gasteiger charge is 1.86. The van der Waals surface area contributed by atoms with Crippen LogP contribution in [0.15, 0.2) is 12.2 Å². The lowest BCUT2D eigenvalue weighted by Crippen LogP contribution is -1.95. The first-order valence-corrected chi connectivity index (χ1v) is 2.48. The first kappa shape index (κ1) is 7.37. The van der Waals surface area contributed by atoms with E-state index in [-0.39, 0.29) is 6.10 Å². The van der Waals surface area contributed by atoms with E-state index in [9.17, 15) is 4.79 Å². The van der Waals surface area contributed by atoms with E-state index in [4.69, 9.17) is 5.11 Å².